The van der Waals surface area contributed by atoms with Crippen molar-refractivity contribution in [1.29, 1.82) is 0 Å². The van der Waals surface area contributed by atoms with E-state index in [1.165, 1.54) is 24.3 Å². The molecule has 0 aliphatic carbocycles. The molecule has 1 saturated heterocycles. The maximum Gasteiger partial charge on any atom is 0.285 e. The van der Waals surface area contributed by atoms with E-state index in [1.807, 2.05) is 0 Å². The highest BCUT2D eigenvalue weighted by molar-refractivity contribution is 8.26. The highest BCUT2D eigenvalue weighted by Gasteiger charge is 2.34. The van der Waals surface area contributed by atoms with Crippen molar-refractivity contribution in [2.24, 2.45) is 0 Å². The summed E-state index contributed by atoms with van der Waals surface area (Å²) in [6, 6.07) is 12.3. The van der Waals surface area contributed by atoms with Crippen molar-refractivity contribution in [3.8, 4) is 0 Å². The zero-order valence-corrected chi connectivity index (χ0v) is 14.9. The Labute approximate surface area is 157 Å². The predicted molar refractivity (Wildman–Crippen MR) is 100 cm³/mol. The summed E-state index contributed by atoms with van der Waals surface area (Å²) in [4.78, 5) is 25.0. The standard InChI is InChI=1S/C17H10ClFN2O2S2/c18-13-7-2-1-6-12(13)15(22)20-21-16(23)14(25-17(21)24)9-10-4-3-5-11(19)8-10/h1-9H,(H,20,22)/b14-9-. The minimum absolute atomic E-state index is 0.174. The molecule has 0 radical (unpaired) electrons. The molecule has 2 aromatic rings. The number of halogens is 2. The second kappa shape index (κ2) is 7.35. The topological polar surface area (TPSA) is 49.4 Å². The van der Waals surface area contributed by atoms with Crippen molar-refractivity contribution in [1.82, 2.24) is 10.4 Å². The summed E-state index contributed by atoms with van der Waals surface area (Å²) >= 11 is 12.1. The normalized spacial score (nSPS) is 15.8. The zero-order valence-electron chi connectivity index (χ0n) is 12.5. The number of rotatable bonds is 3. The molecule has 3 rings (SSSR count). The van der Waals surface area contributed by atoms with E-state index in [1.54, 1.807) is 30.3 Å². The van der Waals surface area contributed by atoms with Crippen LogP contribution >= 0.6 is 35.6 Å². The van der Waals surface area contributed by atoms with Crippen molar-refractivity contribution in [3.63, 3.8) is 0 Å². The van der Waals surface area contributed by atoms with Gasteiger partial charge in [0.1, 0.15) is 5.82 Å². The van der Waals surface area contributed by atoms with Gasteiger partial charge in [0.15, 0.2) is 4.32 Å². The van der Waals surface area contributed by atoms with Crippen LogP contribution in [0.5, 0.6) is 0 Å². The summed E-state index contributed by atoms with van der Waals surface area (Å²) in [6.45, 7) is 0. The molecular weight excluding hydrogens is 383 g/mol. The molecule has 126 valence electrons. The molecule has 25 heavy (non-hydrogen) atoms. The largest absolute Gasteiger partial charge is 0.285 e. The summed E-state index contributed by atoms with van der Waals surface area (Å²) in [5.74, 6) is -1.44. The fourth-order valence-electron chi connectivity index (χ4n) is 2.12. The third-order valence-corrected chi connectivity index (χ3v) is 4.90. The van der Waals surface area contributed by atoms with E-state index >= 15 is 0 Å². The molecule has 2 amide bonds. The number of amides is 2. The molecule has 0 spiro atoms. The molecule has 1 aliphatic rings. The number of hydrazine groups is 1. The average Bonchev–Trinajstić information content (AvgIpc) is 2.83. The molecule has 0 bridgehead atoms. The first-order valence-electron chi connectivity index (χ1n) is 7.05. The van der Waals surface area contributed by atoms with Gasteiger partial charge >= 0.3 is 0 Å². The Kier molecular flexibility index (Phi) is 5.17. The lowest BCUT2D eigenvalue weighted by atomic mass is 10.2. The number of thioether (sulfide) groups is 1. The molecule has 2 aromatic carbocycles. The first kappa shape index (κ1) is 17.6. The number of carbonyl (C=O) groups excluding carboxylic acids is 2. The van der Waals surface area contributed by atoms with Crippen LogP contribution in [-0.2, 0) is 4.79 Å². The van der Waals surface area contributed by atoms with Gasteiger partial charge in [0, 0.05) is 0 Å². The van der Waals surface area contributed by atoms with Gasteiger partial charge in [-0.3, -0.25) is 15.0 Å². The number of nitrogens with zero attached hydrogens (tertiary/aromatic N) is 1. The summed E-state index contributed by atoms with van der Waals surface area (Å²) in [7, 11) is 0. The van der Waals surface area contributed by atoms with E-state index in [9.17, 15) is 14.0 Å². The minimum Gasteiger partial charge on any atom is -0.267 e. The Hall–Kier alpha value is -2.22. The number of thiocarbonyl (C=S) groups is 1. The second-order valence-electron chi connectivity index (χ2n) is 4.99. The first-order valence-corrected chi connectivity index (χ1v) is 8.65. The average molecular weight is 393 g/mol. The molecule has 4 nitrogen and oxygen atoms in total. The Morgan fingerprint density at radius 2 is 2.00 bits per heavy atom. The lowest BCUT2D eigenvalue weighted by Crippen LogP contribution is -2.44. The first-order chi connectivity index (χ1) is 12.0. The number of carbonyl (C=O) groups is 2. The van der Waals surface area contributed by atoms with Crippen LogP contribution < -0.4 is 5.43 Å². The van der Waals surface area contributed by atoms with E-state index in [-0.39, 0.29) is 19.8 Å². The van der Waals surface area contributed by atoms with Gasteiger partial charge in [-0.2, -0.15) is 5.01 Å². The maximum absolute atomic E-state index is 13.3. The molecule has 8 heteroatoms. The molecule has 0 atom stereocenters. The highest BCUT2D eigenvalue weighted by Crippen LogP contribution is 2.31. The number of nitrogens with one attached hydrogen (secondary N) is 1. The summed E-state index contributed by atoms with van der Waals surface area (Å²) in [6.07, 6.45) is 1.52. The van der Waals surface area contributed by atoms with Crippen LogP contribution in [0.1, 0.15) is 15.9 Å². The molecule has 1 fully saturated rings. The second-order valence-corrected chi connectivity index (χ2v) is 7.08. The van der Waals surface area contributed by atoms with Crippen LogP contribution in [0.15, 0.2) is 53.4 Å². The molecule has 0 aromatic heterocycles. The lowest BCUT2D eigenvalue weighted by molar-refractivity contribution is -0.123. The molecule has 1 aliphatic heterocycles. The van der Waals surface area contributed by atoms with Crippen LogP contribution in [0.25, 0.3) is 6.08 Å². The van der Waals surface area contributed by atoms with Gasteiger partial charge in [0.25, 0.3) is 11.8 Å². The van der Waals surface area contributed by atoms with Crippen LogP contribution in [0.2, 0.25) is 5.02 Å². The monoisotopic (exact) mass is 392 g/mol. The third-order valence-electron chi connectivity index (χ3n) is 3.27. The summed E-state index contributed by atoms with van der Waals surface area (Å²) in [5.41, 5.74) is 3.20. The summed E-state index contributed by atoms with van der Waals surface area (Å²) in [5, 5.41) is 1.25. The Morgan fingerprint density at radius 1 is 1.24 bits per heavy atom. The van der Waals surface area contributed by atoms with E-state index in [4.69, 9.17) is 23.8 Å². The zero-order chi connectivity index (χ0) is 18.0. The minimum atomic E-state index is -0.547. The van der Waals surface area contributed by atoms with E-state index in [0.29, 0.717) is 5.56 Å². The summed E-state index contributed by atoms with van der Waals surface area (Å²) < 4.78 is 13.4. The highest BCUT2D eigenvalue weighted by atomic mass is 35.5. The van der Waals surface area contributed by atoms with Crippen LogP contribution in [0.3, 0.4) is 0 Å². The van der Waals surface area contributed by atoms with Gasteiger partial charge in [-0.05, 0) is 48.1 Å². The Balaban J connectivity index is 1.80. The Morgan fingerprint density at radius 3 is 2.72 bits per heavy atom. The quantitative estimate of drug-likeness (QED) is 0.633. The van der Waals surface area contributed by atoms with Crippen molar-refractivity contribution in [3.05, 3.63) is 75.4 Å². The van der Waals surface area contributed by atoms with Crippen molar-refractivity contribution < 1.29 is 14.0 Å². The van der Waals surface area contributed by atoms with Crippen molar-refractivity contribution >= 4 is 57.8 Å². The van der Waals surface area contributed by atoms with Gasteiger partial charge in [-0.15, -0.1) is 0 Å². The molecule has 0 saturated carbocycles. The Bertz CT molecular complexity index is 917. The van der Waals surface area contributed by atoms with Crippen LogP contribution in [0.4, 0.5) is 4.39 Å². The predicted octanol–water partition coefficient (Wildman–Crippen LogP) is 4.03. The smallest absolute Gasteiger partial charge is 0.267 e. The SMILES string of the molecule is O=C(NN1C(=O)/C(=C/c2cccc(F)c2)SC1=S)c1ccccc1Cl. The van der Waals surface area contributed by atoms with E-state index in [0.717, 1.165) is 16.8 Å². The third kappa shape index (κ3) is 3.89. The number of hydrogen-bond donors (Lipinski definition) is 1. The van der Waals surface area contributed by atoms with E-state index < -0.39 is 17.6 Å². The van der Waals surface area contributed by atoms with Crippen molar-refractivity contribution in [2.45, 2.75) is 0 Å². The van der Waals surface area contributed by atoms with Gasteiger partial charge < -0.3 is 0 Å². The molecule has 1 N–H and O–H groups in total. The fourth-order valence-corrected chi connectivity index (χ4v) is 3.52. The van der Waals surface area contributed by atoms with Gasteiger partial charge in [0.2, 0.25) is 0 Å². The van der Waals surface area contributed by atoms with Gasteiger partial charge in [0.05, 0.1) is 15.5 Å². The van der Waals surface area contributed by atoms with Gasteiger partial charge in [-0.1, -0.05) is 47.6 Å². The number of hydrogen-bond acceptors (Lipinski definition) is 4. The lowest BCUT2D eigenvalue weighted by Gasteiger charge is -2.16. The van der Waals surface area contributed by atoms with Gasteiger partial charge in [-0.25, -0.2) is 4.39 Å². The molecule has 0 unspecified atom stereocenters. The maximum atomic E-state index is 13.3. The fraction of sp³-hybridized carbons (Fsp3) is 0. The number of benzene rings is 2. The van der Waals surface area contributed by atoms with E-state index in [2.05, 4.69) is 5.43 Å². The molecular formula is C17H10ClFN2O2S2. The molecule has 1 heterocycles. The van der Waals surface area contributed by atoms with Crippen molar-refractivity contribution in [2.75, 3.05) is 0 Å². The van der Waals surface area contributed by atoms with Crippen LogP contribution in [0, 0.1) is 5.82 Å². The van der Waals surface area contributed by atoms with Crippen LogP contribution in [-0.4, -0.2) is 21.1 Å².